The van der Waals surface area contributed by atoms with Crippen LogP contribution in [0.2, 0.25) is 0 Å². The van der Waals surface area contributed by atoms with Crippen molar-refractivity contribution in [2.24, 2.45) is 5.92 Å². The van der Waals surface area contributed by atoms with Crippen molar-refractivity contribution in [3.05, 3.63) is 0 Å². The molecule has 0 aromatic heterocycles. The number of carbonyl (C=O) groups is 3. The number of nitrogens with one attached hydrogen (secondary N) is 2. The fourth-order valence-electron chi connectivity index (χ4n) is 2.40. The molecule has 0 radical (unpaired) electrons. The lowest BCUT2D eigenvalue weighted by atomic mass is 10.1. The van der Waals surface area contributed by atoms with Gasteiger partial charge >= 0.3 is 0 Å². The van der Waals surface area contributed by atoms with E-state index in [-0.39, 0.29) is 25.0 Å². The van der Waals surface area contributed by atoms with Crippen LogP contribution in [0.15, 0.2) is 0 Å². The van der Waals surface area contributed by atoms with E-state index >= 15 is 0 Å². The minimum atomic E-state index is -0.718. The molecular formula is C14H28N3O5P. The zero-order valence-electron chi connectivity index (χ0n) is 13.9. The standard InChI is InChI=1S/C13H23N3O5.CH5P/c1-8(6-11(18)15-21)12(19)14-9(2)13(20)16-5-3-4-10(16)7-17;1-2/h8-10,17,21H,3-7H2,1-2H3,(H,14,19)(H,15,18);2H2,1H3/t8-,9+,10+;/m1./s1. The second-order valence-corrected chi connectivity index (χ2v) is 5.38. The summed E-state index contributed by atoms with van der Waals surface area (Å²) in [7, 11) is 2.42. The number of amides is 3. The maximum atomic E-state index is 12.2. The van der Waals surface area contributed by atoms with Gasteiger partial charge in [-0.15, -0.1) is 9.24 Å². The molecule has 1 fully saturated rings. The molecular weight excluding hydrogens is 321 g/mol. The predicted molar refractivity (Wildman–Crippen MR) is 88.8 cm³/mol. The van der Waals surface area contributed by atoms with E-state index in [0.29, 0.717) is 6.54 Å². The molecule has 4 atom stereocenters. The predicted octanol–water partition coefficient (Wildman–Crippen LogP) is -0.503. The highest BCUT2D eigenvalue weighted by Gasteiger charge is 2.32. The third-order valence-corrected chi connectivity index (χ3v) is 3.66. The van der Waals surface area contributed by atoms with E-state index in [9.17, 15) is 19.5 Å². The summed E-state index contributed by atoms with van der Waals surface area (Å²) >= 11 is 0. The second kappa shape index (κ2) is 11.3. The Hall–Kier alpha value is -1.24. The van der Waals surface area contributed by atoms with Crippen molar-refractivity contribution < 1.29 is 24.7 Å². The number of likely N-dealkylation sites (tertiary alicyclic amines) is 1. The number of aliphatic hydroxyl groups excluding tert-OH is 1. The molecule has 0 aromatic rings. The van der Waals surface area contributed by atoms with E-state index in [2.05, 4.69) is 14.6 Å². The first kappa shape index (κ1) is 21.8. The van der Waals surface area contributed by atoms with Crippen molar-refractivity contribution >= 4 is 27.0 Å². The van der Waals surface area contributed by atoms with Crippen molar-refractivity contribution in [2.75, 3.05) is 19.8 Å². The molecule has 1 saturated heterocycles. The van der Waals surface area contributed by atoms with Crippen LogP contribution in [0.1, 0.15) is 33.1 Å². The second-order valence-electron chi connectivity index (χ2n) is 5.38. The minimum Gasteiger partial charge on any atom is -0.394 e. The molecule has 9 heteroatoms. The monoisotopic (exact) mass is 349 g/mol. The van der Waals surface area contributed by atoms with Gasteiger partial charge in [-0.2, -0.15) is 0 Å². The van der Waals surface area contributed by atoms with Crippen molar-refractivity contribution in [1.82, 2.24) is 15.7 Å². The number of nitrogens with zero attached hydrogens (tertiary/aromatic N) is 1. The molecule has 134 valence electrons. The van der Waals surface area contributed by atoms with Gasteiger partial charge in [0.2, 0.25) is 17.7 Å². The Balaban J connectivity index is 0.00000232. The quantitative estimate of drug-likeness (QED) is 0.293. The number of hydroxylamine groups is 1. The van der Waals surface area contributed by atoms with E-state index in [4.69, 9.17) is 5.21 Å². The topological polar surface area (TPSA) is 119 Å². The molecule has 1 unspecified atom stereocenters. The van der Waals surface area contributed by atoms with E-state index in [1.165, 1.54) is 12.4 Å². The van der Waals surface area contributed by atoms with Gasteiger partial charge in [-0.25, -0.2) is 5.48 Å². The normalized spacial score (nSPS) is 19.2. The van der Waals surface area contributed by atoms with Crippen LogP contribution < -0.4 is 10.8 Å². The number of hydrogen-bond donors (Lipinski definition) is 4. The Kier molecular flexibility index (Phi) is 10.7. The zero-order chi connectivity index (χ0) is 18.0. The van der Waals surface area contributed by atoms with Gasteiger partial charge in [-0.05, 0) is 19.8 Å². The first-order valence-corrected chi connectivity index (χ1v) is 8.78. The molecule has 4 N–H and O–H groups in total. The summed E-state index contributed by atoms with van der Waals surface area (Å²) in [4.78, 5) is 36.7. The summed E-state index contributed by atoms with van der Waals surface area (Å²) in [5.74, 6) is -1.98. The molecule has 1 aliphatic heterocycles. The molecule has 0 bridgehead atoms. The van der Waals surface area contributed by atoms with Gasteiger partial charge in [-0.1, -0.05) is 13.6 Å². The lowest BCUT2D eigenvalue weighted by Crippen LogP contribution is -2.50. The first-order chi connectivity index (χ1) is 10.9. The van der Waals surface area contributed by atoms with E-state index in [1.54, 1.807) is 11.8 Å². The Labute approximate surface area is 139 Å². The van der Waals surface area contributed by atoms with Crippen LogP contribution >= 0.6 is 9.24 Å². The maximum absolute atomic E-state index is 12.2. The molecule has 8 nitrogen and oxygen atoms in total. The van der Waals surface area contributed by atoms with Crippen LogP contribution in [0, 0.1) is 5.92 Å². The van der Waals surface area contributed by atoms with Crippen molar-refractivity contribution in [1.29, 1.82) is 0 Å². The summed E-state index contributed by atoms with van der Waals surface area (Å²) in [6.07, 6.45) is 1.44. The van der Waals surface area contributed by atoms with E-state index in [1.807, 2.05) is 6.66 Å². The summed E-state index contributed by atoms with van der Waals surface area (Å²) in [5.41, 5.74) is 1.46. The number of hydrogen-bond acceptors (Lipinski definition) is 5. The van der Waals surface area contributed by atoms with Crippen molar-refractivity contribution in [3.63, 3.8) is 0 Å². The van der Waals surface area contributed by atoms with Gasteiger partial charge in [0.1, 0.15) is 6.04 Å². The van der Waals surface area contributed by atoms with Crippen LogP contribution in [0.3, 0.4) is 0 Å². The van der Waals surface area contributed by atoms with Crippen LogP contribution in [0.25, 0.3) is 0 Å². The summed E-state index contributed by atoms with van der Waals surface area (Å²) < 4.78 is 0. The number of aliphatic hydroxyl groups is 1. The zero-order valence-corrected chi connectivity index (χ0v) is 15.1. The van der Waals surface area contributed by atoms with Gasteiger partial charge in [0.25, 0.3) is 0 Å². The van der Waals surface area contributed by atoms with Crippen molar-refractivity contribution in [3.8, 4) is 0 Å². The molecule has 0 aliphatic carbocycles. The Morgan fingerprint density at radius 1 is 1.30 bits per heavy atom. The average molecular weight is 349 g/mol. The maximum Gasteiger partial charge on any atom is 0.245 e. The summed E-state index contributed by atoms with van der Waals surface area (Å²) in [5, 5.41) is 20.2. The van der Waals surface area contributed by atoms with Crippen LogP contribution in [0.4, 0.5) is 0 Å². The molecule has 1 heterocycles. The van der Waals surface area contributed by atoms with Gasteiger partial charge in [-0.3, -0.25) is 19.6 Å². The number of carbonyl (C=O) groups excluding carboxylic acids is 3. The molecule has 1 aliphatic rings. The Morgan fingerprint density at radius 2 is 1.91 bits per heavy atom. The fraction of sp³-hybridized carbons (Fsp3) is 0.786. The smallest absolute Gasteiger partial charge is 0.245 e. The lowest BCUT2D eigenvalue weighted by molar-refractivity contribution is -0.139. The summed E-state index contributed by atoms with van der Waals surface area (Å²) in [6.45, 7) is 5.52. The van der Waals surface area contributed by atoms with Crippen molar-refractivity contribution in [2.45, 2.75) is 45.2 Å². The lowest BCUT2D eigenvalue weighted by Gasteiger charge is -2.27. The molecule has 0 saturated carbocycles. The van der Waals surface area contributed by atoms with Crippen LogP contribution in [-0.2, 0) is 14.4 Å². The van der Waals surface area contributed by atoms with Gasteiger partial charge in [0.05, 0.1) is 12.6 Å². The summed E-state index contributed by atoms with van der Waals surface area (Å²) in [6, 6.07) is -0.904. The molecule has 23 heavy (non-hydrogen) atoms. The SMILES string of the molecule is CP.C[C@H](CC(=O)NO)C(=O)N[C@@H](C)C(=O)N1CCC[C@H]1CO. The highest BCUT2D eigenvalue weighted by molar-refractivity contribution is 7.15. The highest BCUT2D eigenvalue weighted by atomic mass is 31.0. The third-order valence-electron chi connectivity index (χ3n) is 3.66. The minimum absolute atomic E-state index is 0.0838. The van der Waals surface area contributed by atoms with E-state index < -0.39 is 23.8 Å². The first-order valence-electron chi connectivity index (χ1n) is 7.63. The molecule has 0 spiro atoms. The Bertz CT molecular complexity index is 408. The van der Waals surface area contributed by atoms with Gasteiger partial charge in [0.15, 0.2) is 0 Å². The molecule has 1 rings (SSSR count). The molecule has 3 amide bonds. The van der Waals surface area contributed by atoms with Crippen LogP contribution in [0.5, 0.6) is 0 Å². The van der Waals surface area contributed by atoms with E-state index in [0.717, 1.165) is 12.8 Å². The third kappa shape index (κ3) is 6.81. The van der Waals surface area contributed by atoms with Crippen LogP contribution in [-0.4, -0.2) is 64.8 Å². The average Bonchev–Trinajstić information content (AvgIpc) is 3.04. The van der Waals surface area contributed by atoms with Gasteiger partial charge in [0, 0.05) is 18.9 Å². The fourth-order valence-corrected chi connectivity index (χ4v) is 2.40. The van der Waals surface area contributed by atoms with Gasteiger partial charge < -0.3 is 15.3 Å². The Morgan fingerprint density at radius 3 is 2.43 bits per heavy atom. The number of rotatable bonds is 6. The molecule has 0 aromatic carbocycles. The largest absolute Gasteiger partial charge is 0.394 e. The highest BCUT2D eigenvalue weighted by Crippen LogP contribution is 2.17.